The van der Waals surface area contributed by atoms with E-state index in [1.165, 1.54) is 19.3 Å². The standard InChI is InChI=1S/C20H30N6O2/c1-15-13-17(24-7-3-2-4-8-24)23-20(22-15)26-11-9-25(10-12-26)19(28)16-5-6-18(27)21-14-16/h13,16H,2-12,14H2,1H3,(H,21,27). The number of carbonyl (C=O) groups excluding carboxylic acids is 2. The third-order valence-corrected chi connectivity index (χ3v) is 6.00. The van der Waals surface area contributed by atoms with Crippen molar-refractivity contribution in [3.05, 3.63) is 11.8 Å². The molecule has 1 unspecified atom stereocenters. The lowest BCUT2D eigenvalue weighted by Gasteiger charge is -2.37. The molecule has 3 fully saturated rings. The monoisotopic (exact) mass is 386 g/mol. The highest BCUT2D eigenvalue weighted by atomic mass is 16.2. The number of hydrogen-bond acceptors (Lipinski definition) is 6. The summed E-state index contributed by atoms with van der Waals surface area (Å²) in [6.07, 6.45) is 4.85. The van der Waals surface area contributed by atoms with E-state index in [0.717, 1.165) is 43.6 Å². The molecule has 3 aliphatic rings. The highest BCUT2D eigenvalue weighted by Crippen LogP contribution is 2.22. The number of nitrogens with one attached hydrogen (secondary N) is 1. The van der Waals surface area contributed by atoms with E-state index in [1.54, 1.807) is 0 Å². The molecular formula is C20H30N6O2. The molecule has 4 heterocycles. The summed E-state index contributed by atoms with van der Waals surface area (Å²) in [4.78, 5) is 40.0. The van der Waals surface area contributed by atoms with Gasteiger partial charge in [0.05, 0.1) is 5.92 Å². The average molecular weight is 387 g/mol. The SMILES string of the molecule is Cc1cc(N2CCCCC2)nc(N2CCN(C(=O)C3CCC(=O)NC3)CC2)n1. The van der Waals surface area contributed by atoms with Gasteiger partial charge in [-0.3, -0.25) is 9.59 Å². The molecule has 1 N–H and O–H groups in total. The van der Waals surface area contributed by atoms with Gasteiger partial charge in [-0.25, -0.2) is 4.98 Å². The van der Waals surface area contributed by atoms with Gasteiger partial charge in [0, 0.05) is 64.0 Å². The van der Waals surface area contributed by atoms with Gasteiger partial charge in [0.1, 0.15) is 5.82 Å². The van der Waals surface area contributed by atoms with E-state index in [1.807, 2.05) is 11.8 Å². The van der Waals surface area contributed by atoms with E-state index >= 15 is 0 Å². The second kappa shape index (κ2) is 8.32. The van der Waals surface area contributed by atoms with E-state index < -0.39 is 0 Å². The molecule has 2 amide bonds. The van der Waals surface area contributed by atoms with Crippen LogP contribution in [-0.2, 0) is 9.59 Å². The number of amides is 2. The fourth-order valence-corrected chi connectivity index (χ4v) is 4.29. The number of hydrogen-bond donors (Lipinski definition) is 1. The maximum atomic E-state index is 12.7. The Kier molecular flexibility index (Phi) is 5.64. The number of piperazine rings is 1. The highest BCUT2D eigenvalue weighted by Gasteiger charge is 2.31. The molecule has 3 saturated heterocycles. The number of rotatable bonds is 3. The predicted octanol–water partition coefficient (Wildman–Crippen LogP) is 0.950. The molecule has 8 heteroatoms. The van der Waals surface area contributed by atoms with Crippen LogP contribution in [0.5, 0.6) is 0 Å². The van der Waals surface area contributed by atoms with Gasteiger partial charge in [-0.2, -0.15) is 4.98 Å². The number of aryl methyl sites for hydroxylation is 1. The van der Waals surface area contributed by atoms with E-state index in [9.17, 15) is 9.59 Å². The van der Waals surface area contributed by atoms with Crippen LogP contribution in [0.2, 0.25) is 0 Å². The molecule has 0 aromatic carbocycles. The van der Waals surface area contributed by atoms with E-state index in [2.05, 4.69) is 26.2 Å². The van der Waals surface area contributed by atoms with Crippen LogP contribution >= 0.6 is 0 Å². The first-order valence-electron chi connectivity index (χ1n) is 10.5. The zero-order chi connectivity index (χ0) is 19.5. The van der Waals surface area contributed by atoms with Crippen molar-refractivity contribution < 1.29 is 9.59 Å². The largest absolute Gasteiger partial charge is 0.356 e. The van der Waals surface area contributed by atoms with Gasteiger partial charge in [0.25, 0.3) is 0 Å². The first-order chi connectivity index (χ1) is 13.6. The summed E-state index contributed by atoms with van der Waals surface area (Å²) in [5.41, 5.74) is 0.988. The molecule has 1 aromatic rings. The molecule has 28 heavy (non-hydrogen) atoms. The zero-order valence-electron chi connectivity index (χ0n) is 16.7. The Balaban J connectivity index is 1.37. The predicted molar refractivity (Wildman–Crippen MR) is 107 cm³/mol. The molecule has 4 rings (SSSR count). The third-order valence-electron chi connectivity index (χ3n) is 6.00. The molecule has 0 bridgehead atoms. The van der Waals surface area contributed by atoms with Crippen LogP contribution in [0.4, 0.5) is 11.8 Å². The highest BCUT2D eigenvalue weighted by molar-refractivity contribution is 5.84. The number of aromatic nitrogens is 2. The van der Waals surface area contributed by atoms with Crippen molar-refractivity contribution in [2.75, 3.05) is 55.6 Å². The normalized spacial score (nSPS) is 23.5. The van der Waals surface area contributed by atoms with Crippen LogP contribution in [0.1, 0.15) is 37.8 Å². The molecule has 0 aliphatic carbocycles. The summed E-state index contributed by atoms with van der Waals surface area (Å²) in [6, 6.07) is 2.08. The van der Waals surface area contributed by atoms with Crippen molar-refractivity contribution in [3.63, 3.8) is 0 Å². The zero-order valence-corrected chi connectivity index (χ0v) is 16.7. The molecule has 1 atom stereocenters. The number of anilines is 2. The summed E-state index contributed by atoms with van der Waals surface area (Å²) in [5, 5.41) is 2.81. The Morgan fingerprint density at radius 1 is 1.04 bits per heavy atom. The van der Waals surface area contributed by atoms with Crippen LogP contribution in [-0.4, -0.2) is 72.5 Å². The van der Waals surface area contributed by atoms with Crippen LogP contribution in [0.25, 0.3) is 0 Å². The van der Waals surface area contributed by atoms with Crippen molar-refractivity contribution in [2.24, 2.45) is 5.92 Å². The van der Waals surface area contributed by atoms with E-state index in [0.29, 0.717) is 32.5 Å². The maximum Gasteiger partial charge on any atom is 0.227 e. The van der Waals surface area contributed by atoms with Crippen LogP contribution in [0, 0.1) is 12.8 Å². The van der Waals surface area contributed by atoms with Crippen molar-refractivity contribution >= 4 is 23.6 Å². The van der Waals surface area contributed by atoms with Gasteiger partial charge in [0.2, 0.25) is 17.8 Å². The fraction of sp³-hybridized carbons (Fsp3) is 0.700. The first-order valence-corrected chi connectivity index (χ1v) is 10.5. The number of carbonyl (C=O) groups is 2. The Bertz CT molecular complexity index is 715. The van der Waals surface area contributed by atoms with E-state index in [4.69, 9.17) is 4.98 Å². The number of piperidine rings is 2. The van der Waals surface area contributed by atoms with Crippen molar-refractivity contribution in [2.45, 2.75) is 39.0 Å². The molecule has 0 spiro atoms. The van der Waals surface area contributed by atoms with Crippen molar-refractivity contribution in [3.8, 4) is 0 Å². The Hall–Kier alpha value is -2.38. The van der Waals surface area contributed by atoms with Crippen LogP contribution in [0.3, 0.4) is 0 Å². The van der Waals surface area contributed by atoms with E-state index in [-0.39, 0.29) is 17.7 Å². The molecule has 0 radical (unpaired) electrons. The molecular weight excluding hydrogens is 356 g/mol. The summed E-state index contributed by atoms with van der Waals surface area (Å²) in [7, 11) is 0. The average Bonchev–Trinajstić information content (AvgIpc) is 2.74. The van der Waals surface area contributed by atoms with Gasteiger partial charge in [0.15, 0.2) is 0 Å². The van der Waals surface area contributed by atoms with Gasteiger partial charge in [-0.05, 0) is 32.6 Å². The third kappa shape index (κ3) is 4.20. The Morgan fingerprint density at radius 3 is 2.46 bits per heavy atom. The van der Waals surface area contributed by atoms with Crippen molar-refractivity contribution in [1.29, 1.82) is 0 Å². The number of nitrogens with zero attached hydrogens (tertiary/aromatic N) is 5. The molecule has 3 aliphatic heterocycles. The second-order valence-electron chi connectivity index (χ2n) is 8.07. The lowest BCUT2D eigenvalue weighted by atomic mass is 9.97. The maximum absolute atomic E-state index is 12.7. The van der Waals surface area contributed by atoms with Gasteiger partial charge >= 0.3 is 0 Å². The quantitative estimate of drug-likeness (QED) is 0.833. The topological polar surface area (TPSA) is 81.7 Å². The van der Waals surface area contributed by atoms with Gasteiger partial charge < -0.3 is 20.0 Å². The second-order valence-corrected chi connectivity index (χ2v) is 8.07. The van der Waals surface area contributed by atoms with Gasteiger partial charge in [-0.15, -0.1) is 0 Å². The summed E-state index contributed by atoms with van der Waals surface area (Å²) >= 11 is 0. The lowest BCUT2D eigenvalue weighted by Crippen LogP contribution is -2.53. The molecule has 0 saturated carbocycles. The fourth-order valence-electron chi connectivity index (χ4n) is 4.29. The minimum Gasteiger partial charge on any atom is -0.356 e. The summed E-state index contributed by atoms with van der Waals surface area (Å²) < 4.78 is 0. The smallest absolute Gasteiger partial charge is 0.227 e. The minimum absolute atomic E-state index is 0.0509. The van der Waals surface area contributed by atoms with Crippen molar-refractivity contribution in [1.82, 2.24) is 20.2 Å². The Morgan fingerprint density at radius 2 is 1.79 bits per heavy atom. The minimum atomic E-state index is -0.0785. The molecule has 1 aromatic heterocycles. The van der Waals surface area contributed by atoms with Crippen LogP contribution < -0.4 is 15.1 Å². The molecule has 152 valence electrons. The summed E-state index contributed by atoms with van der Waals surface area (Å²) in [6.45, 7) is 7.47. The summed E-state index contributed by atoms with van der Waals surface area (Å²) in [5.74, 6) is 1.94. The Labute approximate surface area is 166 Å². The first kappa shape index (κ1) is 19.0. The van der Waals surface area contributed by atoms with Crippen LogP contribution in [0.15, 0.2) is 6.07 Å². The lowest BCUT2D eigenvalue weighted by molar-refractivity contribution is -0.137. The molecule has 8 nitrogen and oxygen atoms in total. The van der Waals surface area contributed by atoms with Gasteiger partial charge in [-0.1, -0.05) is 0 Å².